The Bertz CT molecular complexity index is 906. The van der Waals surface area contributed by atoms with Crippen molar-refractivity contribution in [1.29, 1.82) is 0 Å². The van der Waals surface area contributed by atoms with Crippen LogP contribution in [-0.2, 0) is 11.3 Å². The Balaban J connectivity index is 1.82. The summed E-state index contributed by atoms with van der Waals surface area (Å²) in [4.78, 5) is 25.7. The van der Waals surface area contributed by atoms with Gasteiger partial charge in [0.05, 0.1) is 23.2 Å². The molecule has 0 saturated carbocycles. The molecule has 0 atom stereocenters. The van der Waals surface area contributed by atoms with Crippen molar-refractivity contribution >= 4 is 41.2 Å². The highest BCUT2D eigenvalue weighted by Gasteiger charge is 2.33. The molecule has 3 amide bonds. The van der Waals surface area contributed by atoms with E-state index in [1.165, 1.54) is 30.3 Å². The van der Waals surface area contributed by atoms with E-state index in [0.717, 1.165) is 4.90 Å². The van der Waals surface area contributed by atoms with Crippen LogP contribution in [0.1, 0.15) is 18.1 Å². The normalized spacial score (nSPS) is 15.4. The second-order valence-electron chi connectivity index (χ2n) is 5.75. The number of carbonyl (C=O) groups excluding carboxylic acids is 2. The summed E-state index contributed by atoms with van der Waals surface area (Å²) in [7, 11) is 0. The van der Waals surface area contributed by atoms with E-state index in [9.17, 15) is 14.0 Å². The van der Waals surface area contributed by atoms with Gasteiger partial charge in [-0.1, -0.05) is 35.3 Å². The van der Waals surface area contributed by atoms with Crippen molar-refractivity contribution in [2.24, 2.45) is 0 Å². The molecule has 140 valence electrons. The minimum atomic E-state index is -0.557. The number of nitrogens with one attached hydrogen (secondary N) is 1. The van der Waals surface area contributed by atoms with Crippen LogP contribution >= 0.6 is 23.2 Å². The van der Waals surface area contributed by atoms with Gasteiger partial charge in [0.25, 0.3) is 5.91 Å². The molecule has 27 heavy (non-hydrogen) atoms. The molecule has 1 saturated heterocycles. The Morgan fingerprint density at radius 3 is 2.37 bits per heavy atom. The van der Waals surface area contributed by atoms with Gasteiger partial charge < -0.3 is 10.1 Å². The van der Waals surface area contributed by atoms with Gasteiger partial charge >= 0.3 is 6.03 Å². The van der Waals surface area contributed by atoms with Crippen LogP contribution in [0, 0.1) is 5.82 Å². The lowest BCUT2D eigenvalue weighted by Crippen LogP contribution is -2.30. The summed E-state index contributed by atoms with van der Waals surface area (Å²) in [6.07, 6.45) is 1.48. The molecule has 0 aromatic heterocycles. The molecular formula is C19H15Cl2FN2O3. The largest absolute Gasteiger partial charge is 0.491 e. The molecule has 0 aliphatic carbocycles. The number of benzene rings is 2. The number of urea groups is 1. The zero-order valence-electron chi connectivity index (χ0n) is 14.3. The summed E-state index contributed by atoms with van der Waals surface area (Å²) in [5.74, 6) is -0.519. The van der Waals surface area contributed by atoms with Crippen molar-refractivity contribution in [3.63, 3.8) is 0 Å². The number of rotatable bonds is 5. The lowest BCUT2D eigenvalue weighted by molar-refractivity contribution is -0.123. The zero-order chi connectivity index (χ0) is 19.6. The van der Waals surface area contributed by atoms with E-state index in [1.54, 1.807) is 12.1 Å². The average molecular weight is 409 g/mol. The second kappa shape index (κ2) is 7.98. The van der Waals surface area contributed by atoms with Crippen LogP contribution in [-0.4, -0.2) is 23.4 Å². The molecule has 0 bridgehead atoms. The predicted octanol–water partition coefficient (Wildman–Crippen LogP) is 4.62. The van der Waals surface area contributed by atoms with Crippen LogP contribution < -0.4 is 10.1 Å². The van der Waals surface area contributed by atoms with E-state index in [2.05, 4.69) is 5.32 Å². The molecule has 1 N–H and O–H groups in total. The van der Waals surface area contributed by atoms with E-state index in [0.29, 0.717) is 33.5 Å². The fraction of sp³-hybridized carbons (Fsp3) is 0.158. The number of hydrogen-bond donors (Lipinski definition) is 1. The zero-order valence-corrected chi connectivity index (χ0v) is 15.8. The Morgan fingerprint density at radius 1 is 1.15 bits per heavy atom. The highest BCUT2D eigenvalue weighted by atomic mass is 35.5. The quantitative estimate of drug-likeness (QED) is 0.579. The van der Waals surface area contributed by atoms with Crippen LogP contribution in [0.2, 0.25) is 10.0 Å². The van der Waals surface area contributed by atoms with Gasteiger partial charge in [-0.2, -0.15) is 0 Å². The number of nitrogens with zero attached hydrogens (tertiary/aromatic N) is 1. The van der Waals surface area contributed by atoms with Gasteiger partial charge in [0.2, 0.25) is 0 Å². The first-order valence-corrected chi connectivity index (χ1v) is 8.85. The van der Waals surface area contributed by atoms with Gasteiger partial charge in [0, 0.05) is 0 Å². The van der Waals surface area contributed by atoms with Gasteiger partial charge in [-0.15, -0.1) is 0 Å². The minimum Gasteiger partial charge on any atom is -0.491 e. The Hall–Kier alpha value is -2.57. The summed E-state index contributed by atoms with van der Waals surface area (Å²) in [5.41, 5.74) is 1.27. The SMILES string of the molecule is CCOc1c(Cl)cc(C=C2NC(=O)N(Cc3ccc(F)cc3)C2=O)cc1Cl. The highest BCUT2D eigenvalue weighted by Crippen LogP contribution is 2.35. The fourth-order valence-corrected chi connectivity index (χ4v) is 3.21. The number of hydrogen-bond acceptors (Lipinski definition) is 3. The Kier molecular flexibility index (Phi) is 5.68. The fourth-order valence-electron chi connectivity index (χ4n) is 2.60. The number of carbonyl (C=O) groups is 2. The van der Waals surface area contributed by atoms with Crippen molar-refractivity contribution in [2.45, 2.75) is 13.5 Å². The number of amides is 3. The summed E-state index contributed by atoms with van der Waals surface area (Å²) < 4.78 is 18.4. The van der Waals surface area contributed by atoms with Gasteiger partial charge in [-0.25, -0.2) is 9.18 Å². The van der Waals surface area contributed by atoms with E-state index in [-0.39, 0.29) is 18.1 Å². The highest BCUT2D eigenvalue weighted by molar-refractivity contribution is 6.37. The third kappa shape index (κ3) is 4.23. The summed E-state index contributed by atoms with van der Waals surface area (Å²) >= 11 is 12.3. The van der Waals surface area contributed by atoms with Crippen molar-refractivity contribution < 1.29 is 18.7 Å². The number of imide groups is 1. The molecule has 1 aliphatic rings. The third-order valence-electron chi connectivity index (χ3n) is 3.84. The second-order valence-corrected chi connectivity index (χ2v) is 6.57. The average Bonchev–Trinajstić information content (AvgIpc) is 2.87. The number of ether oxygens (including phenoxy) is 1. The van der Waals surface area contributed by atoms with E-state index in [4.69, 9.17) is 27.9 Å². The first-order chi connectivity index (χ1) is 12.9. The topological polar surface area (TPSA) is 58.6 Å². The summed E-state index contributed by atoms with van der Waals surface area (Å²) in [6.45, 7) is 2.25. The first-order valence-electron chi connectivity index (χ1n) is 8.10. The van der Waals surface area contributed by atoms with Crippen LogP contribution in [0.15, 0.2) is 42.1 Å². The molecule has 0 radical (unpaired) electrons. The third-order valence-corrected chi connectivity index (χ3v) is 4.40. The van der Waals surface area contributed by atoms with E-state index >= 15 is 0 Å². The molecule has 2 aromatic rings. The van der Waals surface area contributed by atoms with Crippen LogP contribution in [0.4, 0.5) is 9.18 Å². The van der Waals surface area contributed by atoms with Gasteiger partial charge in [0.15, 0.2) is 5.75 Å². The Labute approximate surface area is 165 Å². The molecule has 1 aliphatic heterocycles. The van der Waals surface area contributed by atoms with Crippen LogP contribution in [0.3, 0.4) is 0 Å². The Morgan fingerprint density at radius 2 is 1.78 bits per heavy atom. The predicted molar refractivity (Wildman–Crippen MR) is 101 cm³/mol. The molecule has 5 nitrogen and oxygen atoms in total. The van der Waals surface area contributed by atoms with Gasteiger partial charge in [0.1, 0.15) is 11.5 Å². The monoisotopic (exact) mass is 408 g/mol. The van der Waals surface area contributed by atoms with Crippen molar-refractivity contribution in [3.8, 4) is 5.75 Å². The van der Waals surface area contributed by atoms with Gasteiger partial charge in [-0.3, -0.25) is 9.69 Å². The molecule has 0 spiro atoms. The maximum absolute atomic E-state index is 13.0. The van der Waals surface area contributed by atoms with Crippen LogP contribution in [0.5, 0.6) is 5.75 Å². The molecule has 1 fully saturated rings. The lowest BCUT2D eigenvalue weighted by atomic mass is 10.1. The van der Waals surface area contributed by atoms with Crippen molar-refractivity contribution in [1.82, 2.24) is 10.2 Å². The first kappa shape index (κ1) is 19.2. The van der Waals surface area contributed by atoms with Crippen LogP contribution in [0.25, 0.3) is 6.08 Å². The smallest absolute Gasteiger partial charge is 0.329 e. The maximum atomic E-state index is 13.0. The maximum Gasteiger partial charge on any atom is 0.329 e. The summed E-state index contributed by atoms with van der Waals surface area (Å²) in [5, 5.41) is 3.12. The van der Waals surface area contributed by atoms with Crippen molar-refractivity contribution in [3.05, 3.63) is 69.1 Å². The van der Waals surface area contributed by atoms with E-state index in [1.807, 2.05) is 6.92 Å². The molecular weight excluding hydrogens is 394 g/mol. The molecule has 8 heteroatoms. The minimum absolute atomic E-state index is 0.0348. The molecule has 3 rings (SSSR count). The van der Waals surface area contributed by atoms with E-state index < -0.39 is 11.9 Å². The molecule has 2 aromatic carbocycles. The van der Waals surface area contributed by atoms with Gasteiger partial charge in [-0.05, 0) is 48.4 Å². The molecule has 1 heterocycles. The van der Waals surface area contributed by atoms with Crippen molar-refractivity contribution in [2.75, 3.05) is 6.61 Å². The number of halogens is 3. The standard InChI is InChI=1S/C19H15Cl2FN2O3/c1-2-27-17-14(20)7-12(8-15(17)21)9-16-18(25)24(19(26)23-16)10-11-3-5-13(22)6-4-11/h3-9H,2,10H2,1H3,(H,23,26). The lowest BCUT2D eigenvalue weighted by Gasteiger charge is -2.11. The summed E-state index contributed by atoms with van der Waals surface area (Å²) in [6, 6.07) is 8.20. The molecule has 0 unspecified atom stereocenters.